The van der Waals surface area contributed by atoms with Crippen molar-refractivity contribution in [2.24, 2.45) is 0 Å². The molecule has 0 bridgehead atoms. The van der Waals surface area contributed by atoms with Gasteiger partial charge in [-0.25, -0.2) is 0 Å². The highest BCUT2D eigenvalue weighted by Crippen LogP contribution is 2.47. The number of aryl methyl sites for hydroxylation is 1. The molecule has 6 heterocycles. The first-order valence-electron chi connectivity index (χ1n) is 18.9. The molecule has 5 nitrogen and oxygen atoms in total. The van der Waals surface area contributed by atoms with E-state index in [0.717, 1.165) is 16.7 Å². The SMILES string of the molecule is Cc1ccc(-n2c(C)c(-c3ccc4c(c3)c3ccncc3n4-c3ccccc3)c3ccc(C4C=Cc5c(n(-c6ccccc6)c6cnccc56)C4C)cc32)s1. The van der Waals surface area contributed by atoms with Crippen molar-refractivity contribution in [2.45, 2.75) is 32.6 Å². The summed E-state index contributed by atoms with van der Waals surface area (Å²) in [6, 6.07) is 44.3. The predicted octanol–water partition coefficient (Wildman–Crippen LogP) is 12.7. The molecule has 2 unspecified atom stereocenters. The highest BCUT2D eigenvalue weighted by Gasteiger charge is 2.31. The number of nitrogens with zero attached hydrogens (tertiary/aromatic N) is 5. The molecule has 0 aliphatic heterocycles. The zero-order chi connectivity index (χ0) is 36.8. The average molecular weight is 728 g/mol. The third kappa shape index (κ3) is 4.78. The number of hydrogen-bond donors (Lipinski definition) is 0. The molecule has 6 aromatic heterocycles. The highest BCUT2D eigenvalue weighted by atomic mass is 32.1. The predicted molar refractivity (Wildman–Crippen MR) is 229 cm³/mol. The summed E-state index contributed by atoms with van der Waals surface area (Å²) < 4.78 is 7.25. The molecule has 0 spiro atoms. The van der Waals surface area contributed by atoms with E-state index in [0.29, 0.717) is 0 Å². The summed E-state index contributed by atoms with van der Waals surface area (Å²) >= 11 is 1.85. The van der Waals surface area contributed by atoms with Crippen LogP contribution in [0.3, 0.4) is 0 Å². The minimum Gasteiger partial charge on any atom is -0.311 e. The summed E-state index contributed by atoms with van der Waals surface area (Å²) in [5.41, 5.74) is 14.7. The summed E-state index contributed by atoms with van der Waals surface area (Å²) in [7, 11) is 0. The van der Waals surface area contributed by atoms with Crippen LogP contribution in [0.15, 0.2) is 152 Å². The van der Waals surface area contributed by atoms with Crippen molar-refractivity contribution in [2.75, 3.05) is 0 Å². The van der Waals surface area contributed by atoms with Crippen LogP contribution in [-0.4, -0.2) is 23.7 Å². The van der Waals surface area contributed by atoms with Gasteiger partial charge in [-0.3, -0.25) is 9.97 Å². The van der Waals surface area contributed by atoms with Crippen molar-refractivity contribution in [3.05, 3.63) is 180 Å². The Kier molecular flexibility index (Phi) is 7.13. The molecule has 11 rings (SSSR count). The van der Waals surface area contributed by atoms with Gasteiger partial charge in [-0.05, 0) is 91.7 Å². The van der Waals surface area contributed by atoms with E-state index >= 15 is 0 Å². The van der Waals surface area contributed by atoms with Gasteiger partial charge in [-0.2, -0.15) is 0 Å². The molecule has 0 radical (unpaired) electrons. The summed E-state index contributed by atoms with van der Waals surface area (Å²) in [4.78, 5) is 10.4. The quantitative estimate of drug-likeness (QED) is 0.177. The number of pyridine rings is 2. The number of thiophene rings is 1. The smallest absolute Gasteiger partial charge is 0.0999 e. The van der Waals surface area contributed by atoms with E-state index in [9.17, 15) is 0 Å². The Balaban J connectivity index is 1.10. The van der Waals surface area contributed by atoms with E-state index in [2.05, 4.69) is 178 Å². The van der Waals surface area contributed by atoms with Gasteiger partial charge in [0, 0.05) is 84.5 Å². The lowest BCUT2D eigenvalue weighted by molar-refractivity contribution is 0.639. The van der Waals surface area contributed by atoms with Crippen LogP contribution < -0.4 is 0 Å². The number of aromatic nitrogens is 5. The normalized spacial score (nSPS) is 15.5. The van der Waals surface area contributed by atoms with Gasteiger partial charge in [0.05, 0.1) is 39.5 Å². The fourth-order valence-corrected chi connectivity index (χ4v) is 10.2. The molecule has 0 fully saturated rings. The van der Waals surface area contributed by atoms with E-state index < -0.39 is 0 Å². The Hall–Kier alpha value is -6.50. The second-order valence-electron chi connectivity index (χ2n) is 14.8. The van der Waals surface area contributed by atoms with E-state index in [-0.39, 0.29) is 11.8 Å². The first kappa shape index (κ1) is 32.0. The summed E-state index contributed by atoms with van der Waals surface area (Å²) in [6.07, 6.45) is 12.6. The number of hydrogen-bond acceptors (Lipinski definition) is 3. The fourth-order valence-electron chi connectivity index (χ4n) is 9.31. The Morgan fingerprint density at radius 3 is 2.02 bits per heavy atom. The third-order valence-electron chi connectivity index (χ3n) is 11.7. The summed E-state index contributed by atoms with van der Waals surface area (Å²) in [5.74, 6) is 0.430. The van der Waals surface area contributed by atoms with Crippen LogP contribution in [0.5, 0.6) is 0 Å². The Bertz CT molecular complexity index is 3140. The van der Waals surface area contributed by atoms with Crippen LogP contribution in [0.1, 0.15) is 46.2 Å². The van der Waals surface area contributed by atoms with Gasteiger partial charge in [0.2, 0.25) is 0 Å². The molecule has 10 aromatic rings. The third-order valence-corrected chi connectivity index (χ3v) is 12.7. The molecule has 55 heavy (non-hydrogen) atoms. The largest absolute Gasteiger partial charge is 0.311 e. The van der Waals surface area contributed by atoms with E-state index in [1.54, 1.807) is 0 Å². The molecule has 0 amide bonds. The molecule has 4 aromatic carbocycles. The standard InChI is InChI=1S/C49H37N5S/c1-30-14-21-47(55-30)52-32(3)48(34-16-20-43-42(26-34)39-23-25-50-28-45(39)53(43)35-10-6-4-7-11-35)41-17-15-33(27-44(41)52)37-18-19-40-38-22-24-51-29-46(38)54(49(40)31(37)2)36-12-8-5-9-13-36/h4-29,31,37H,1-3H3. The number of benzene rings is 4. The lowest BCUT2D eigenvalue weighted by Crippen LogP contribution is -2.14. The van der Waals surface area contributed by atoms with Crippen LogP contribution in [0, 0.1) is 13.8 Å². The average Bonchev–Trinajstić information content (AvgIpc) is 3.97. The topological polar surface area (TPSA) is 40.6 Å². The van der Waals surface area contributed by atoms with Gasteiger partial charge >= 0.3 is 0 Å². The Morgan fingerprint density at radius 2 is 1.29 bits per heavy atom. The maximum Gasteiger partial charge on any atom is 0.0999 e. The summed E-state index contributed by atoms with van der Waals surface area (Å²) in [6.45, 7) is 6.87. The highest BCUT2D eigenvalue weighted by molar-refractivity contribution is 7.14. The molecule has 0 saturated carbocycles. The van der Waals surface area contributed by atoms with Crippen molar-refractivity contribution in [1.29, 1.82) is 0 Å². The maximum absolute atomic E-state index is 4.55. The van der Waals surface area contributed by atoms with Crippen LogP contribution in [0.25, 0.3) is 77.2 Å². The molecule has 1 aliphatic carbocycles. The molecule has 1 aliphatic rings. The van der Waals surface area contributed by atoms with Crippen molar-refractivity contribution >= 4 is 61.0 Å². The number of rotatable bonds is 5. The van der Waals surface area contributed by atoms with Gasteiger partial charge in [0.25, 0.3) is 0 Å². The van der Waals surface area contributed by atoms with Gasteiger partial charge in [-0.1, -0.05) is 73.7 Å². The number of allylic oxidation sites excluding steroid dienone is 1. The van der Waals surface area contributed by atoms with Gasteiger partial charge in [0.1, 0.15) is 0 Å². The first-order valence-corrected chi connectivity index (χ1v) is 19.7. The molecule has 0 saturated heterocycles. The monoisotopic (exact) mass is 727 g/mol. The molecule has 2 atom stereocenters. The van der Waals surface area contributed by atoms with Crippen LogP contribution in [-0.2, 0) is 0 Å². The van der Waals surface area contributed by atoms with Crippen molar-refractivity contribution in [3.63, 3.8) is 0 Å². The lowest BCUT2D eigenvalue weighted by Gasteiger charge is -2.28. The van der Waals surface area contributed by atoms with Crippen LogP contribution >= 0.6 is 11.3 Å². The van der Waals surface area contributed by atoms with Gasteiger partial charge in [0.15, 0.2) is 0 Å². The van der Waals surface area contributed by atoms with Crippen molar-refractivity contribution < 1.29 is 0 Å². The van der Waals surface area contributed by atoms with E-state index in [1.807, 2.05) is 36.1 Å². The Labute approximate surface area is 323 Å². The van der Waals surface area contributed by atoms with E-state index in [1.165, 1.54) is 81.8 Å². The molecule has 6 heteroatoms. The molecular formula is C49H37N5S. The Morgan fingerprint density at radius 1 is 0.582 bits per heavy atom. The van der Waals surface area contributed by atoms with Crippen molar-refractivity contribution in [3.8, 4) is 27.5 Å². The van der Waals surface area contributed by atoms with Gasteiger partial charge < -0.3 is 13.7 Å². The molecule has 0 N–H and O–H groups in total. The number of para-hydroxylation sites is 2. The zero-order valence-corrected chi connectivity index (χ0v) is 31.6. The molecule has 264 valence electrons. The first-order chi connectivity index (χ1) is 27.0. The second-order valence-corrected chi connectivity index (χ2v) is 16.1. The molecular weight excluding hydrogens is 691 g/mol. The number of fused-ring (bicyclic) bond motifs is 7. The van der Waals surface area contributed by atoms with Crippen LogP contribution in [0.2, 0.25) is 0 Å². The minimum absolute atomic E-state index is 0.197. The van der Waals surface area contributed by atoms with Gasteiger partial charge in [-0.15, -0.1) is 11.3 Å². The minimum atomic E-state index is 0.197. The maximum atomic E-state index is 4.55. The zero-order valence-electron chi connectivity index (χ0n) is 30.8. The summed E-state index contributed by atoms with van der Waals surface area (Å²) in [5, 5.41) is 6.17. The van der Waals surface area contributed by atoms with E-state index in [4.69, 9.17) is 0 Å². The fraction of sp³-hybridized carbons (Fsp3) is 0.102. The second kappa shape index (κ2) is 12.3. The van der Waals surface area contributed by atoms with Crippen LogP contribution in [0.4, 0.5) is 0 Å². The lowest BCUT2D eigenvalue weighted by atomic mass is 9.79. The van der Waals surface area contributed by atoms with Crippen molar-refractivity contribution in [1.82, 2.24) is 23.7 Å².